The number of hydrogen-bond acceptors (Lipinski definition) is 1. The molecule has 0 radical (unpaired) electrons. The SMILES string of the molecule is c1ccc(C(c2ccccc2)C2(C(c3ccccc3)c3ccccc3)CCNCC2)cc1. The minimum Gasteiger partial charge on any atom is -0.317 e. The lowest BCUT2D eigenvalue weighted by molar-refractivity contribution is 0.146. The van der Waals surface area contributed by atoms with Crippen molar-refractivity contribution in [1.82, 2.24) is 5.32 Å². The summed E-state index contributed by atoms with van der Waals surface area (Å²) in [5.74, 6) is 0.634. The lowest BCUT2D eigenvalue weighted by atomic mass is 9.55. The predicted molar refractivity (Wildman–Crippen MR) is 134 cm³/mol. The molecule has 0 unspecified atom stereocenters. The second-order valence-corrected chi connectivity index (χ2v) is 8.99. The third kappa shape index (κ3) is 4.01. The summed E-state index contributed by atoms with van der Waals surface area (Å²) in [5.41, 5.74) is 5.72. The lowest BCUT2D eigenvalue weighted by Crippen LogP contribution is -2.45. The highest BCUT2D eigenvalue weighted by Crippen LogP contribution is 2.57. The summed E-state index contributed by atoms with van der Waals surface area (Å²) in [7, 11) is 0. The molecule has 0 saturated carbocycles. The van der Waals surface area contributed by atoms with Crippen molar-refractivity contribution in [2.75, 3.05) is 13.1 Å². The summed E-state index contributed by atoms with van der Waals surface area (Å²) >= 11 is 0. The van der Waals surface area contributed by atoms with Gasteiger partial charge >= 0.3 is 0 Å². The zero-order valence-electron chi connectivity index (χ0n) is 18.5. The van der Waals surface area contributed by atoms with E-state index in [-0.39, 0.29) is 5.41 Å². The molecule has 1 fully saturated rings. The number of rotatable bonds is 6. The average Bonchev–Trinajstić information content (AvgIpc) is 2.88. The third-order valence-corrected chi connectivity index (χ3v) is 7.22. The zero-order chi connectivity index (χ0) is 21.6. The molecule has 5 rings (SSSR count). The summed E-state index contributed by atoms with van der Waals surface area (Å²) in [5, 5.41) is 3.66. The van der Waals surface area contributed by atoms with Crippen LogP contribution in [0.15, 0.2) is 121 Å². The Bertz CT molecular complexity index is 920. The summed E-state index contributed by atoms with van der Waals surface area (Å²) < 4.78 is 0. The molecule has 0 spiro atoms. The second kappa shape index (κ2) is 9.54. The van der Waals surface area contributed by atoms with Crippen LogP contribution in [-0.2, 0) is 0 Å². The first-order chi connectivity index (χ1) is 15.9. The van der Waals surface area contributed by atoms with E-state index in [9.17, 15) is 0 Å². The Balaban J connectivity index is 1.77. The van der Waals surface area contributed by atoms with Crippen molar-refractivity contribution >= 4 is 0 Å². The van der Waals surface area contributed by atoms with Crippen LogP contribution in [0, 0.1) is 5.41 Å². The van der Waals surface area contributed by atoms with Gasteiger partial charge in [-0.25, -0.2) is 0 Å². The van der Waals surface area contributed by atoms with Gasteiger partial charge in [0.25, 0.3) is 0 Å². The molecule has 4 aromatic rings. The van der Waals surface area contributed by atoms with E-state index in [0.29, 0.717) is 11.8 Å². The van der Waals surface area contributed by atoms with Crippen LogP contribution < -0.4 is 5.32 Å². The van der Waals surface area contributed by atoms with E-state index in [4.69, 9.17) is 0 Å². The van der Waals surface area contributed by atoms with Crippen LogP contribution in [0.2, 0.25) is 0 Å². The van der Waals surface area contributed by atoms with Crippen LogP contribution in [0.25, 0.3) is 0 Å². The topological polar surface area (TPSA) is 12.0 Å². The maximum absolute atomic E-state index is 3.66. The van der Waals surface area contributed by atoms with Crippen molar-refractivity contribution in [3.8, 4) is 0 Å². The average molecular weight is 418 g/mol. The Labute approximate surface area is 192 Å². The van der Waals surface area contributed by atoms with Crippen molar-refractivity contribution in [3.63, 3.8) is 0 Å². The van der Waals surface area contributed by atoms with Crippen LogP contribution in [0.4, 0.5) is 0 Å². The first-order valence-corrected chi connectivity index (χ1v) is 11.8. The van der Waals surface area contributed by atoms with Gasteiger partial charge in [0, 0.05) is 11.8 Å². The molecule has 1 N–H and O–H groups in total. The molecule has 1 nitrogen and oxygen atoms in total. The summed E-state index contributed by atoms with van der Waals surface area (Å²) in [6.07, 6.45) is 2.27. The first kappa shape index (κ1) is 20.7. The number of hydrogen-bond donors (Lipinski definition) is 1. The molecule has 1 aliphatic rings. The highest BCUT2D eigenvalue weighted by molar-refractivity contribution is 5.43. The van der Waals surface area contributed by atoms with Crippen molar-refractivity contribution in [2.45, 2.75) is 24.7 Å². The fourth-order valence-electron chi connectivity index (χ4n) is 5.93. The first-order valence-electron chi connectivity index (χ1n) is 11.8. The van der Waals surface area contributed by atoms with E-state index in [1.807, 2.05) is 0 Å². The van der Waals surface area contributed by atoms with Gasteiger partial charge in [0.05, 0.1) is 0 Å². The van der Waals surface area contributed by atoms with Gasteiger partial charge < -0.3 is 5.32 Å². The normalized spacial score (nSPS) is 15.7. The van der Waals surface area contributed by atoms with Gasteiger partial charge in [0.15, 0.2) is 0 Å². The lowest BCUT2D eigenvalue weighted by Gasteiger charge is -2.50. The quantitative estimate of drug-likeness (QED) is 0.355. The van der Waals surface area contributed by atoms with Crippen molar-refractivity contribution in [2.24, 2.45) is 5.41 Å². The van der Waals surface area contributed by atoms with E-state index in [2.05, 4.69) is 127 Å². The van der Waals surface area contributed by atoms with E-state index in [1.54, 1.807) is 0 Å². The van der Waals surface area contributed by atoms with Gasteiger partial charge in [-0.3, -0.25) is 0 Å². The summed E-state index contributed by atoms with van der Waals surface area (Å²) in [6, 6.07) is 44.7. The Morgan fingerprint density at radius 3 is 1.00 bits per heavy atom. The van der Waals surface area contributed by atoms with E-state index >= 15 is 0 Å². The van der Waals surface area contributed by atoms with Gasteiger partial charge in [-0.1, -0.05) is 121 Å². The van der Waals surface area contributed by atoms with E-state index in [1.165, 1.54) is 22.3 Å². The Kier molecular flexibility index (Phi) is 6.18. The smallest absolute Gasteiger partial charge is 0.0156 e. The third-order valence-electron chi connectivity index (χ3n) is 7.22. The molecule has 1 heterocycles. The predicted octanol–water partition coefficient (Wildman–Crippen LogP) is 7.02. The molecule has 1 heteroatoms. The molecule has 0 aromatic heterocycles. The molecule has 0 atom stereocenters. The monoisotopic (exact) mass is 417 g/mol. The van der Waals surface area contributed by atoms with Crippen LogP contribution in [0.5, 0.6) is 0 Å². The highest BCUT2D eigenvalue weighted by Gasteiger charge is 2.48. The largest absolute Gasteiger partial charge is 0.317 e. The van der Waals surface area contributed by atoms with Crippen molar-refractivity contribution < 1.29 is 0 Å². The highest BCUT2D eigenvalue weighted by atomic mass is 14.9. The molecule has 32 heavy (non-hydrogen) atoms. The molecule has 0 aliphatic carbocycles. The van der Waals surface area contributed by atoms with Crippen LogP contribution in [0.3, 0.4) is 0 Å². The maximum Gasteiger partial charge on any atom is 0.0156 e. The van der Waals surface area contributed by atoms with Crippen molar-refractivity contribution in [1.29, 1.82) is 0 Å². The van der Waals surface area contributed by atoms with E-state index < -0.39 is 0 Å². The molecule has 4 aromatic carbocycles. The van der Waals surface area contributed by atoms with Gasteiger partial charge in [-0.15, -0.1) is 0 Å². The van der Waals surface area contributed by atoms with E-state index in [0.717, 1.165) is 25.9 Å². The van der Waals surface area contributed by atoms with Crippen molar-refractivity contribution in [3.05, 3.63) is 144 Å². The Morgan fingerprint density at radius 2 is 0.719 bits per heavy atom. The fourth-order valence-corrected chi connectivity index (χ4v) is 5.93. The van der Waals surface area contributed by atoms with Gasteiger partial charge in [-0.2, -0.15) is 0 Å². The number of piperidine rings is 1. The fraction of sp³-hybridized carbons (Fsp3) is 0.226. The molecule has 1 saturated heterocycles. The maximum atomic E-state index is 3.66. The van der Waals surface area contributed by atoms with Gasteiger partial charge in [0.1, 0.15) is 0 Å². The molecule has 0 amide bonds. The second-order valence-electron chi connectivity index (χ2n) is 8.99. The van der Waals surface area contributed by atoms with Crippen LogP contribution >= 0.6 is 0 Å². The molecular formula is C31H31N. The van der Waals surface area contributed by atoms with Crippen LogP contribution in [-0.4, -0.2) is 13.1 Å². The minimum atomic E-state index is 0.0661. The standard InChI is InChI=1S/C31H31N/c1-5-13-25(14-6-1)29(26-15-7-2-8-16-26)31(21-23-32-24-22-31)30(27-17-9-3-10-18-27)28-19-11-4-12-20-28/h1-20,29-30,32H,21-24H2. The van der Waals surface area contributed by atoms with Gasteiger partial charge in [0.2, 0.25) is 0 Å². The molecular weight excluding hydrogens is 386 g/mol. The summed E-state index contributed by atoms with van der Waals surface area (Å²) in [6.45, 7) is 2.10. The summed E-state index contributed by atoms with van der Waals surface area (Å²) in [4.78, 5) is 0. The molecule has 160 valence electrons. The number of benzene rings is 4. The Morgan fingerprint density at radius 1 is 0.438 bits per heavy atom. The zero-order valence-corrected chi connectivity index (χ0v) is 18.5. The minimum absolute atomic E-state index is 0.0661. The van der Waals surface area contributed by atoms with Gasteiger partial charge in [-0.05, 0) is 53.6 Å². The Hall–Kier alpha value is -3.16. The number of nitrogens with one attached hydrogen (secondary N) is 1. The molecule has 1 aliphatic heterocycles. The van der Waals surface area contributed by atoms with Crippen LogP contribution in [0.1, 0.15) is 46.9 Å². The molecule has 0 bridgehead atoms.